The first-order valence-corrected chi connectivity index (χ1v) is 7.70. The van der Waals surface area contributed by atoms with Gasteiger partial charge in [0.1, 0.15) is 11.4 Å². The smallest absolute Gasteiger partial charge is 0.146 e. The molecule has 0 radical (unpaired) electrons. The largest absolute Gasteiger partial charge is 0.505 e. The fraction of sp³-hybridized carbons (Fsp3) is 0.556. The highest BCUT2D eigenvalue weighted by atomic mass is 16.3. The van der Waals surface area contributed by atoms with Gasteiger partial charge in [-0.3, -0.25) is 0 Å². The van der Waals surface area contributed by atoms with Gasteiger partial charge in [-0.1, -0.05) is 47.6 Å². The van der Waals surface area contributed by atoms with E-state index in [-0.39, 0.29) is 16.6 Å². The molecule has 0 bridgehead atoms. The van der Waals surface area contributed by atoms with Crippen LogP contribution in [0.5, 0.6) is 5.75 Å². The van der Waals surface area contributed by atoms with Gasteiger partial charge < -0.3 is 5.11 Å². The predicted octanol–water partition coefficient (Wildman–Crippen LogP) is 4.18. The Bertz CT molecular complexity index is 681. The van der Waals surface area contributed by atoms with Crippen molar-refractivity contribution in [1.29, 1.82) is 0 Å². The second-order valence-electron chi connectivity index (χ2n) is 8.05. The zero-order valence-corrected chi connectivity index (χ0v) is 14.9. The van der Waals surface area contributed by atoms with Crippen molar-refractivity contribution in [2.45, 2.75) is 66.2 Å². The van der Waals surface area contributed by atoms with Crippen LogP contribution in [-0.4, -0.2) is 20.1 Å². The fourth-order valence-corrected chi connectivity index (χ4v) is 2.34. The van der Waals surface area contributed by atoms with Crippen LogP contribution in [0.1, 0.15) is 64.1 Å². The van der Waals surface area contributed by atoms with Gasteiger partial charge in [-0.25, -0.2) is 0 Å². The van der Waals surface area contributed by atoms with Crippen LogP contribution in [0.15, 0.2) is 12.1 Å². The van der Waals surface area contributed by atoms with Crippen molar-refractivity contribution >= 4 is 0 Å². The molecule has 1 N–H and O–H groups in total. The summed E-state index contributed by atoms with van der Waals surface area (Å²) in [5.74, 6) is 0.260. The summed E-state index contributed by atoms with van der Waals surface area (Å²) in [6.07, 6.45) is 0. The lowest BCUT2D eigenvalue weighted by Gasteiger charge is -2.27. The first-order valence-electron chi connectivity index (χ1n) is 7.70. The minimum absolute atomic E-state index is 0.0142. The second kappa shape index (κ2) is 5.11. The Hall–Kier alpha value is -1.84. The van der Waals surface area contributed by atoms with E-state index in [2.05, 4.69) is 57.8 Å². The van der Waals surface area contributed by atoms with E-state index in [0.29, 0.717) is 5.69 Å². The van der Waals surface area contributed by atoms with Crippen LogP contribution >= 0.6 is 0 Å². The molecule has 0 unspecified atom stereocenters. The summed E-state index contributed by atoms with van der Waals surface area (Å²) in [5.41, 5.74) is 4.31. The van der Waals surface area contributed by atoms with Gasteiger partial charge in [-0.15, -0.1) is 4.80 Å². The van der Waals surface area contributed by atoms with Crippen molar-refractivity contribution in [3.8, 4) is 11.4 Å². The summed E-state index contributed by atoms with van der Waals surface area (Å²) in [6, 6.07) is 4.09. The van der Waals surface area contributed by atoms with Crippen molar-refractivity contribution in [1.82, 2.24) is 15.0 Å². The van der Waals surface area contributed by atoms with Gasteiger partial charge in [0.25, 0.3) is 0 Å². The average molecular weight is 301 g/mol. The van der Waals surface area contributed by atoms with Gasteiger partial charge in [-0.05, 0) is 36.3 Å². The molecule has 1 aromatic carbocycles. The average Bonchev–Trinajstić information content (AvgIpc) is 2.66. The molecule has 0 fully saturated rings. The van der Waals surface area contributed by atoms with Gasteiger partial charge in [0.15, 0.2) is 0 Å². The highest BCUT2D eigenvalue weighted by Crippen LogP contribution is 2.38. The number of benzene rings is 1. The molecule has 120 valence electrons. The minimum Gasteiger partial charge on any atom is -0.505 e. The first kappa shape index (κ1) is 16.5. The molecule has 0 spiro atoms. The minimum atomic E-state index is -0.155. The molecule has 0 amide bonds. The van der Waals surface area contributed by atoms with Crippen molar-refractivity contribution in [3.63, 3.8) is 0 Å². The number of hydrogen-bond donors (Lipinski definition) is 1. The highest BCUT2D eigenvalue weighted by molar-refractivity contribution is 5.56. The molecular weight excluding hydrogens is 274 g/mol. The molecule has 0 aliphatic rings. The van der Waals surface area contributed by atoms with Crippen LogP contribution < -0.4 is 0 Å². The van der Waals surface area contributed by atoms with Gasteiger partial charge in [0, 0.05) is 5.56 Å². The Labute approximate surface area is 133 Å². The standard InChI is InChI=1S/C18H27N3O/c1-11-12(2)20-21(19-11)15-10-13(17(3,4)5)9-14(16(15)22)18(6,7)8/h9-10,22H,1-8H3. The van der Waals surface area contributed by atoms with Crippen molar-refractivity contribution in [2.75, 3.05) is 0 Å². The van der Waals surface area contributed by atoms with E-state index in [1.165, 1.54) is 0 Å². The topological polar surface area (TPSA) is 50.9 Å². The third kappa shape index (κ3) is 3.01. The molecule has 0 aliphatic heterocycles. The molecule has 1 heterocycles. The maximum atomic E-state index is 10.8. The number of rotatable bonds is 1. The molecule has 4 heteroatoms. The lowest BCUT2D eigenvalue weighted by molar-refractivity contribution is 0.438. The molecule has 0 aliphatic carbocycles. The van der Waals surface area contributed by atoms with E-state index in [1.54, 1.807) is 4.80 Å². The molecule has 2 aromatic rings. The van der Waals surface area contributed by atoms with E-state index in [4.69, 9.17) is 0 Å². The number of aromatic hydroxyl groups is 1. The maximum absolute atomic E-state index is 10.8. The lowest BCUT2D eigenvalue weighted by Crippen LogP contribution is -2.18. The summed E-state index contributed by atoms with van der Waals surface area (Å²) in [4.78, 5) is 1.55. The molecule has 22 heavy (non-hydrogen) atoms. The number of phenols is 1. The Balaban J connectivity index is 2.77. The van der Waals surface area contributed by atoms with Crippen molar-refractivity contribution in [2.24, 2.45) is 0 Å². The summed E-state index contributed by atoms with van der Waals surface area (Å²) >= 11 is 0. The van der Waals surface area contributed by atoms with Crippen LogP contribution in [0.3, 0.4) is 0 Å². The summed E-state index contributed by atoms with van der Waals surface area (Å²) < 4.78 is 0. The van der Waals surface area contributed by atoms with Crippen LogP contribution in [-0.2, 0) is 10.8 Å². The van der Waals surface area contributed by atoms with Crippen LogP contribution in [0.4, 0.5) is 0 Å². The third-order valence-corrected chi connectivity index (χ3v) is 3.99. The zero-order valence-electron chi connectivity index (χ0n) is 14.9. The van der Waals surface area contributed by atoms with Crippen LogP contribution in [0.25, 0.3) is 5.69 Å². The molecule has 0 saturated heterocycles. The third-order valence-electron chi connectivity index (χ3n) is 3.99. The Morgan fingerprint density at radius 3 is 1.77 bits per heavy atom. The van der Waals surface area contributed by atoms with E-state index in [9.17, 15) is 5.11 Å². The molecule has 0 atom stereocenters. The summed E-state index contributed by atoms with van der Waals surface area (Å²) in [7, 11) is 0. The Kier molecular flexibility index (Phi) is 3.84. The number of nitrogens with zero attached hydrogens (tertiary/aromatic N) is 3. The van der Waals surface area contributed by atoms with E-state index in [1.807, 2.05) is 19.9 Å². The van der Waals surface area contributed by atoms with Gasteiger partial charge in [-0.2, -0.15) is 10.2 Å². The SMILES string of the molecule is Cc1nn(-c2cc(C(C)(C)C)cc(C(C)(C)C)c2O)nc1C. The van der Waals surface area contributed by atoms with Gasteiger partial charge >= 0.3 is 0 Å². The first-order chi connectivity index (χ1) is 9.91. The highest BCUT2D eigenvalue weighted by Gasteiger charge is 2.26. The number of phenolic OH excluding ortho intramolecular Hbond substituents is 1. The van der Waals surface area contributed by atoms with E-state index >= 15 is 0 Å². The fourth-order valence-electron chi connectivity index (χ4n) is 2.34. The monoisotopic (exact) mass is 301 g/mol. The van der Waals surface area contributed by atoms with Gasteiger partial charge in [0.05, 0.1) is 11.4 Å². The van der Waals surface area contributed by atoms with Crippen molar-refractivity contribution < 1.29 is 5.11 Å². The zero-order chi connectivity index (χ0) is 16.9. The normalized spacial score (nSPS) is 12.7. The van der Waals surface area contributed by atoms with E-state index in [0.717, 1.165) is 22.5 Å². The summed E-state index contributed by atoms with van der Waals surface area (Å²) in [6.45, 7) is 16.7. The lowest BCUT2D eigenvalue weighted by atomic mass is 9.80. The van der Waals surface area contributed by atoms with E-state index < -0.39 is 0 Å². The Morgan fingerprint density at radius 1 is 0.864 bits per heavy atom. The molecule has 0 saturated carbocycles. The van der Waals surface area contributed by atoms with Crippen LogP contribution in [0, 0.1) is 13.8 Å². The Morgan fingerprint density at radius 2 is 1.36 bits per heavy atom. The van der Waals surface area contributed by atoms with Gasteiger partial charge in [0.2, 0.25) is 0 Å². The molecular formula is C18H27N3O. The second-order valence-corrected chi connectivity index (χ2v) is 8.05. The predicted molar refractivity (Wildman–Crippen MR) is 89.9 cm³/mol. The molecule has 1 aromatic heterocycles. The van der Waals surface area contributed by atoms with Crippen LogP contribution in [0.2, 0.25) is 0 Å². The van der Waals surface area contributed by atoms with Crippen molar-refractivity contribution in [3.05, 3.63) is 34.6 Å². The number of aryl methyl sites for hydroxylation is 2. The number of aromatic nitrogens is 3. The molecule has 4 nitrogen and oxygen atoms in total. The maximum Gasteiger partial charge on any atom is 0.146 e. The molecule has 2 rings (SSSR count). The summed E-state index contributed by atoms with van der Waals surface area (Å²) in [5, 5.41) is 19.6. The quantitative estimate of drug-likeness (QED) is 0.859. The number of hydrogen-bond acceptors (Lipinski definition) is 3.